The standard InChI is InChI=1S/C13H19F2NS/c1-4-16-13(8-17-9(2)3)11-6-5-10(14)7-12(11)15/h5-7,9,13,16H,4,8H2,1-3H3. The zero-order chi connectivity index (χ0) is 12.8. The van der Waals surface area contributed by atoms with E-state index >= 15 is 0 Å². The summed E-state index contributed by atoms with van der Waals surface area (Å²) < 4.78 is 26.5. The largest absolute Gasteiger partial charge is 0.309 e. The Bertz CT molecular complexity index is 355. The second kappa shape index (κ2) is 6.97. The highest BCUT2D eigenvalue weighted by atomic mass is 32.2. The lowest BCUT2D eigenvalue weighted by Crippen LogP contribution is -2.24. The van der Waals surface area contributed by atoms with E-state index in [1.165, 1.54) is 12.1 Å². The van der Waals surface area contributed by atoms with Crippen molar-refractivity contribution in [2.45, 2.75) is 32.1 Å². The minimum absolute atomic E-state index is 0.0620. The smallest absolute Gasteiger partial charge is 0.130 e. The van der Waals surface area contributed by atoms with Gasteiger partial charge >= 0.3 is 0 Å². The lowest BCUT2D eigenvalue weighted by molar-refractivity contribution is 0.531. The van der Waals surface area contributed by atoms with Crippen LogP contribution in [0.25, 0.3) is 0 Å². The number of nitrogens with one attached hydrogen (secondary N) is 1. The normalized spacial score (nSPS) is 13.1. The topological polar surface area (TPSA) is 12.0 Å². The van der Waals surface area contributed by atoms with Crippen molar-refractivity contribution in [2.75, 3.05) is 12.3 Å². The Kier molecular flexibility index (Phi) is 5.92. The lowest BCUT2D eigenvalue weighted by atomic mass is 10.1. The fourth-order valence-electron chi connectivity index (χ4n) is 1.58. The summed E-state index contributed by atoms with van der Waals surface area (Å²) in [7, 11) is 0. The van der Waals surface area contributed by atoms with Gasteiger partial charge in [0.05, 0.1) is 0 Å². The van der Waals surface area contributed by atoms with Crippen molar-refractivity contribution in [3.05, 3.63) is 35.4 Å². The van der Waals surface area contributed by atoms with Gasteiger partial charge in [0, 0.05) is 23.4 Å². The number of halogens is 2. The van der Waals surface area contributed by atoms with Gasteiger partial charge in [-0.15, -0.1) is 0 Å². The van der Waals surface area contributed by atoms with Gasteiger partial charge in [-0.2, -0.15) is 11.8 Å². The molecule has 1 aromatic rings. The summed E-state index contributed by atoms with van der Waals surface area (Å²) in [6, 6.07) is 3.72. The van der Waals surface area contributed by atoms with E-state index < -0.39 is 11.6 Å². The number of hydrogen-bond donors (Lipinski definition) is 1. The van der Waals surface area contributed by atoms with E-state index in [1.54, 1.807) is 11.8 Å². The summed E-state index contributed by atoms with van der Waals surface area (Å²) in [5, 5.41) is 3.73. The molecule has 1 nitrogen and oxygen atoms in total. The van der Waals surface area contributed by atoms with E-state index in [1.807, 2.05) is 6.92 Å². The van der Waals surface area contributed by atoms with Crippen LogP contribution in [0.3, 0.4) is 0 Å². The molecule has 0 saturated heterocycles. The maximum absolute atomic E-state index is 13.7. The predicted octanol–water partition coefficient (Wildman–Crippen LogP) is 3.76. The molecule has 1 N–H and O–H groups in total. The molecule has 0 saturated carbocycles. The summed E-state index contributed by atoms with van der Waals surface area (Å²) in [4.78, 5) is 0. The van der Waals surface area contributed by atoms with Crippen LogP contribution in [0.5, 0.6) is 0 Å². The van der Waals surface area contributed by atoms with Crippen LogP contribution in [0.15, 0.2) is 18.2 Å². The molecule has 96 valence electrons. The molecule has 17 heavy (non-hydrogen) atoms. The summed E-state index contributed by atoms with van der Waals surface area (Å²) >= 11 is 1.76. The van der Waals surface area contributed by atoms with Crippen LogP contribution in [0, 0.1) is 11.6 Å². The highest BCUT2D eigenvalue weighted by Crippen LogP contribution is 2.23. The summed E-state index contributed by atoms with van der Waals surface area (Å²) in [6.07, 6.45) is 0. The van der Waals surface area contributed by atoms with Crippen LogP contribution in [0.2, 0.25) is 0 Å². The van der Waals surface area contributed by atoms with Crippen LogP contribution in [-0.2, 0) is 0 Å². The van der Waals surface area contributed by atoms with Gasteiger partial charge in [-0.1, -0.05) is 26.8 Å². The molecular formula is C13H19F2NS. The van der Waals surface area contributed by atoms with Crippen molar-refractivity contribution in [3.63, 3.8) is 0 Å². The van der Waals surface area contributed by atoms with E-state index in [9.17, 15) is 8.78 Å². The molecule has 4 heteroatoms. The Morgan fingerprint density at radius 1 is 1.29 bits per heavy atom. The summed E-state index contributed by atoms with van der Waals surface area (Å²) in [5.74, 6) is -0.216. The van der Waals surface area contributed by atoms with Gasteiger partial charge in [0.15, 0.2) is 0 Å². The first kappa shape index (κ1) is 14.5. The van der Waals surface area contributed by atoms with Crippen molar-refractivity contribution in [1.82, 2.24) is 5.32 Å². The van der Waals surface area contributed by atoms with Gasteiger partial charge in [0.25, 0.3) is 0 Å². The molecule has 0 aliphatic rings. The third kappa shape index (κ3) is 4.64. The first-order chi connectivity index (χ1) is 8.04. The van der Waals surface area contributed by atoms with Crippen LogP contribution in [-0.4, -0.2) is 17.5 Å². The van der Waals surface area contributed by atoms with E-state index in [4.69, 9.17) is 0 Å². The second-order valence-corrected chi connectivity index (χ2v) is 5.77. The monoisotopic (exact) mass is 259 g/mol. The summed E-state index contributed by atoms with van der Waals surface area (Å²) in [6.45, 7) is 6.96. The molecule has 0 aromatic heterocycles. The minimum atomic E-state index is -0.530. The van der Waals surface area contributed by atoms with Crippen molar-refractivity contribution in [1.29, 1.82) is 0 Å². The Hall–Kier alpha value is -0.610. The SMILES string of the molecule is CCNC(CSC(C)C)c1ccc(F)cc1F. The fourth-order valence-corrected chi connectivity index (χ4v) is 2.45. The number of rotatable bonds is 6. The average molecular weight is 259 g/mol. The van der Waals surface area contributed by atoms with Gasteiger partial charge in [-0.05, 0) is 17.9 Å². The third-order valence-electron chi connectivity index (χ3n) is 2.38. The Balaban J connectivity index is 2.81. The molecule has 0 radical (unpaired) electrons. The maximum Gasteiger partial charge on any atom is 0.130 e. The lowest BCUT2D eigenvalue weighted by Gasteiger charge is -2.19. The van der Waals surface area contributed by atoms with Crippen molar-refractivity contribution in [3.8, 4) is 0 Å². The number of thioether (sulfide) groups is 1. The summed E-state index contributed by atoms with van der Waals surface area (Å²) in [5.41, 5.74) is 0.543. The Morgan fingerprint density at radius 3 is 2.53 bits per heavy atom. The Morgan fingerprint density at radius 2 is 2.00 bits per heavy atom. The van der Waals surface area contributed by atoms with Gasteiger partial charge in [-0.3, -0.25) is 0 Å². The fraction of sp³-hybridized carbons (Fsp3) is 0.538. The molecular weight excluding hydrogens is 240 g/mol. The average Bonchev–Trinajstić information content (AvgIpc) is 2.24. The molecule has 1 rings (SSSR count). The van der Waals surface area contributed by atoms with Crippen molar-refractivity contribution in [2.24, 2.45) is 0 Å². The van der Waals surface area contributed by atoms with Crippen LogP contribution in [0.4, 0.5) is 8.78 Å². The third-order valence-corrected chi connectivity index (χ3v) is 3.58. The molecule has 0 bridgehead atoms. The first-order valence-electron chi connectivity index (χ1n) is 5.84. The highest BCUT2D eigenvalue weighted by molar-refractivity contribution is 7.99. The minimum Gasteiger partial charge on any atom is -0.309 e. The molecule has 1 atom stereocenters. The molecule has 0 spiro atoms. The first-order valence-corrected chi connectivity index (χ1v) is 6.89. The van der Waals surface area contributed by atoms with E-state index in [-0.39, 0.29) is 6.04 Å². The molecule has 0 aliphatic carbocycles. The molecule has 0 fully saturated rings. The molecule has 0 heterocycles. The zero-order valence-corrected chi connectivity index (χ0v) is 11.3. The van der Waals surface area contributed by atoms with Gasteiger partial charge in [0.2, 0.25) is 0 Å². The van der Waals surface area contributed by atoms with E-state index in [0.717, 1.165) is 18.4 Å². The van der Waals surface area contributed by atoms with Gasteiger partial charge in [0.1, 0.15) is 11.6 Å². The predicted molar refractivity (Wildman–Crippen MR) is 70.4 cm³/mol. The highest BCUT2D eigenvalue weighted by Gasteiger charge is 2.15. The molecule has 0 aliphatic heterocycles. The molecule has 1 unspecified atom stereocenters. The van der Waals surface area contributed by atoms with Crippen LogP contribution < -0.4 is 5.32 Å². The van der Waals surface area contributed by atoms with Crippen molar-refractivity contribution >= 4 is 11.8 Å². The number of hydrogen-bond acceptors (Lipinski definition) is 2. The molecule has 0 amide bonds. The second-order valence-electron chi connectivity index (χ2n) is 4.16. The quantitative estimate of drug-likeness (QED) is 0.835. The van der Waals surface area contributed by atoms with Crippen LogP contribution >= 0.6 is 11.8 Å². The maximum atomic E-state index is 13.7. The Labute approximate surface area is 106 Å². The van der Waals surface area contributed by atoms with Crippen molar-refractivity contribution < 1.29 is 8.78 Å². The van der Waals surface area contributed by atoms with E-state index in [0.29, 0.717) is 10.8 Å². The van der Waals surface area contributed by atoms with E-state index in [2.05, 4.69) is 19.2 Å². The van der Waals surface area contributed by atoms with Crippen LogP contribution in [0.1, 0.15) is 32.4 Å². The molecule has 1 aromatic carbocycles. The number of benzene rings is 1. The van der Waals surface area contributed by atoms with Gasteiger partial charge in [-0.25, -0.2) is 8.78 Å². The van der Waals surface area contributed by atoms with Gasteiger partial charge < -0.3 is 5.32 Å². The zero-order valence-electron chi connectivity index (χ0n) is 10.5.